The van der Waals surface area contributed by atoms with Crippen LogP contribution in [-0.2, 0) is 11.8 Å². The Bertz CT molecular complexity index is 1260. The minimum absolute atomic E-state index is 0.00441. The first-order valence-electron chi connectivity index (χ1n) is 9.94. The van der Waals surface area contributed by atoms with E-state index in [4.69, 9.17) is 5.73 Å². The van der Waals surface area contributed by atoms with Crippen LogP contribution in [0.2, 0.25) is 0 Å². The average molecular weight is 389 g/mol. The van der Waals surface area contributed by atoms with Crippen LogP contribution in [0, 0.1) is 6.92 Å². The molecule has 1 aliphatic carbocycles. The molecule has 3 nitrogen and oxygen atoms in total. The van der Waals surface area contributed by atoms with E-state index in [1.807, 2.05) is 5.38 Å². The van der Waals surface area contributed by atoms with Crippen molar-refractivity contribution in [2.24, 2.45) is 5.73 Å². The molecule has 0 unspecified atom stereocenters. The first-order valence-corrected chi connectivity index (χ1v) is 10.8. The zero-order chi connectivity index (χ0) is 19.5. The van der Waals surface area contributed by atoms with Crippen LogP contribution in [0.25, 0.3) is 32.1 Å². The maximum Gasteiger partial charge on any atom is 0.266 e. The third-order valence-corrected chi connectivity index (χ3v) is 7.31. The summed E-state index contributed by atoms with van der Waals surface area (Å²) >= 11 is 1.51. The maximum atomic E-state index is 12.5. The lowest BCUT2D eigenvalue weighted by atomic mass is 9.88. The zero-order valence-electron chi connectivity index (χ0n) is 16.3. The van der Waals surface area contributed by atoms with Gasteiger partial charge in [0.15, 0.2) is 0 Å². The first kappa shape index (κ1) is 17.7. The average Bonchev–Trinajstić information content (AvgIpc) is 3.36. The number of pyridine rings is 1. The van der Waals surface area contributed by atoms with Crippen molar-refractivity contribution in [2.75, 3.05) is 6.54 Å². The minimum Gasteiger partial charge on any atom is -0.330 e. The lowest BCUT2D eigenvalue weighted by Crippen LogP contribution is -2.19. The summed E-state index contributed by atoms with van der Waals surface area (Å²) in [5.74, 6) is 0. The SMILES string of the molecule is CCc1cc(C)c2[nH]c(=O)c3sccc3c2c1-c1ccc(C2(CN)CC2)cc1. The van der Waals surface area contributed by atoms with Crippen molar-refractivity contribution >= 4 is 32.3 Å². The number of nitrogens with one attached hydrogen (secondary N) is 1. The second-order valence-electron chi connectivity index (χ2n) is 8.01. The molecule has 28 heavy (non-hydrogen) atoms. The zero-order valence-corrected chi connectivity index (χ0v) is 17.1. The number of benzene rings is 2. The maximum absolute atomic E-state index is 12.5. The molecule has 4 heteroatoms. The summed E-state index contributed by atoms with van der Waals surface area (Å²) in [7, 11) is 0. The van der Waals surface area contributed by atoms with E-state index in [-0.39, 0.29) is 11.0 Å². The first-order chi connectivity index (χ1) is 13.6. The van der Waals surface area contributed by atoms with Crippen molar-refractivity contribution in [1.82, 2.24) is 4.98 Å². The summed E-state index contributed by atoms with van der Waals surface area (Å²) in [5.41, 5.74) is 13.4. The largest absolute Gasteiger partial charge is 0.330 e. The Morgan fingerprint density at radius 3 is 2.57 bits per heavy atom. The molecule has 0 spiro atoms. The highest BCUT2D eigenvalue weighted by Gasteiger charge is 2.42. The van der Waals surface area contributed by atoms with E-state index in [1.54, 1.807) is 0 Å². The number of H-pyrrole nitrogens is 1. The van der Waals surface area contributed by atoms with Crippen molar-refractivity contribution in [1.29, 1.82) is 0 Å². The molecule has 0 bridgehead atoms. The number of nitrogens with two attached hydrogens (primary N) is 1. The van der Waals surface area contributed by atoms with Gasteiger partial charge in [-0.3, -0.25) is 4.79 Å². The van der Waals surface area contributed by atoms with Crippen LogP contribution in [-0.4, -0.2) is 11.5 Å². The molecule has 0 atom stereocenters. The molecule has 1 saturated carbocycles. The molecule has 3 N–H and O–H groups in total. The number of fused-ring (bicyclic) bond motifs is 3. The van der Waals surface area contributed by atoms with Gasteiger partial charge in [-0.05, 0) is 65.4 Å². The van der Waals surface area contributed by atoms with Crippen LogP contribution in [0.4, 0.5) is 0 Å². The fourth-order valence-corrected chi connectivity index (χ4v) is 5.33. The molecule has 0 radical (unpaired) electrons. The monoisotopic (exact) mass is 388 g/mol. The van der Waals surface area contributed by atoms with Crippen molar-refractivity contribution in [3.63, 3.8) is 0 Å². The number of aromatic nitrogens is 1. The second-order valence-corrected chi connectivity index (χ2v) is 8.93. The molecule has 0 saturated heterocycles. The van der Waals surface area contributed by atoms with Crippen molar-refractivity contribution in [3.05, 3.63) is 68.8 Å². The van der Waals surface area contributed by atoms with Crippen molar-refractivity contribution in [3.8, 4) is 11.1 Å². The highest BCUT2D eigenvalue weighted by Crippen LogP contribution is 2.48. The van der Waals surface area contributed by atoms with Gasteiger partial charge in [0.1, 0.15) is 4.70 Å². The van der Waals surface area contributed by atoms with E-state index < -0.39 is 0 Å². The number of rotatable bonds is 4. The second kappa shape index (κ2) is 6.29. The van der Waals surface area contributed by atoms with Crippen LogP contribution in [0.5, 0.6) is 0 Å². The molecule has 0 amide bonds. The normalized spacial score (nSPS) is 15.4. The van der Waals surface area contributed by atoms with Gasteiger partial charge in [0, 0.05) is 22.7 Å². The van der Waals surface area contributed by atoms with Gasteiger partial charge in [-0.25, -0.2) is 0 Å². The Balaban J connectivity index is 1.82. The third kappa shape index (κ3) is 2.48. The predicted molar refractivity (Wildman–Crippen MR) is 119 cm³/mol. The molecule has 1 aliphatic rings. The Morgan fingerprint density at radius 1 is 1.18 bits per heavy atom. The van der Waals surface area contributed by atoms with E-state index in [9.17, 15) is 4.79 Å². The third-order valence-electron chi connectivity index (χ3n) is 6.40. The summed E-state index contributed by atoms with van der Waals surface area (Å²) in [5, 5.41) is 4.24. The van der Waals surface area contributed by atoms with Gasteiger partial charge in [-0.2, -0.15) is 0 Å². The summed E-state index contributed by atoms with van der Waals surface area (Å²) in [6.45, 7) is 5.00. The quantitative estimate of drug-likeness (QED) is 0.500. The Hall–Kier alpha value is -2.43. The molecule has 4 aromatic rings. The van der Waals surface area contributed by atoms with Crippen molar-refractivity contribution < 1.29 is 0 Å². The number of hydrogen-bond donors (Lipinski definition) is 2. The van der Waals surface area contributed by atoms with Gasteiger partial charge >= 0.3 is 0 Å². The van der Waals surface area contributed by atoms with Crippen LogP contribution >= 0.6 is 11.3 Å². The van der Waals surface area contributed by atoms with Gasteiger partial charge in [0.2, 0.25) is 0 Å². The van der Waals surface area contributed by atoms with E-state index in [0.717, 1.165) is 34.1 Å². The number of aryl methyl sites for hydroxylation is 2. The number of hydrogen-bond acceptors (Lipinski definition) is 3. The summed E-state index contributed by atoms with van der Waals surface area (Å²) in [4.78, 5) is 15.7. The number of thiophene rings is 1. The highest BCUT2D eigenvalue weighted by atomic mass is 32.1. The molecular weight excluding hydrogens is 364 g/mol. The van der Waals surface area contributed by atoms with Gasteiger partial charge in [-0.1, -0.05) is 37.3 Å². The molecule has 5 rings (SSSR count). The lowest BCUT2D eigenvalue weighted by Gasteiger charge is -2.17. The van der Waals surface area contributed by atoms with E-state index in [1.165, 1.54) is 51.8 Å². The van der Waals surface area contributed by atoms with Crippen molar-refractivity contribution in [2.45, 2.75) is 38.5 Å². The molecule has 142 valence electrons. The Kier molecular flexibility index (Phi) is 3.97. The Labute approximate surface area is 168 Å². The van der Waals surface area contributed by atoms with Gasteiger partial charge < -0.3 is 10.7 Å². The summed E-state index contributed by atoms with van der Waals surface area (Å²) in [6.07, 6.45) is 3.33. The molecular formula is C24H24N2OS. The minimum atomic E-state index is 0.00441. The van der Waals surface area contributed by atoms with Crippen LogP contribution in [0.15, 0.2) is 46.6 Å². The molecule has 0 aliphatic heterocycles. The van der Waals surface area contributed by atoms with Crippen LogP contribution < -0.4 is 11.3 Å². The van der Waals surface area contributed by atoms with Gasteiger partial charge in [0.25, 0.3) is 5.56 Å². The van der Waals surface area contributed by atoms with Gasteiger partial charge in [-0.15, -0.1) is 11.3 Å². The smallest absolute Gasteiger partial charge is 0.266 e. The molecule has 1 fully saturated rings. The standard InChI is InChI=1S/C24H24N2OS/c1-3-15-12-14(2)21-20(18-8-11-28-22(18)23(27)26-21)19(15)16-4-6-17(7-5-16)24(13-25)9-10-24/h4-8,11-12H,3,9-10,13,25H2,1-2H3,(H,26,27). The van der Waals surface area contributed by atoms with E-state index in [2.05, 4.69) is 55.2 Å². The highest BCUT2D eigenvalue weighted by molar-refractivity contribution is 7.17. The number of aromatic amines is 1. The molecule has 2 aromatic heterocycles. The Morgan fingerprint density at radius 2 is 1.93 bits per heavy atom. The van der Waals surface area contributed by atoms with Crippen LogP contribution in [0.3, 0.4) is 0 Å². The summed E-state index contributed by atoms with van der Waals surface area (Å²) < 4.78 is 0.804. The molecule has 2 heterocycles. The van der Waals surface area contributed by atoms with Crippen LogP contribution in [0.1, 0.15) is 36.5 Å². The fourth-order valence-electron chi connectivity index (χ4n) is 4.53. The lowest BCUT2D eigenvalue weighted by molar-refractivity contribution is 0.705. The summed E-state index contributed by atoms with van der Waals surface area (Å²) in [6, 6.07) is 13.3. The predicted octanol–water partition coefficient (Wildman–Crippen LogP) is 5.27. The topological polar surface area (TPSA) is 58.9 Å². The molecule has 2 aromatic carbocycles. The van der Waals surface area contributed by atoms with E-state index in [0.29, 0.717) is 0 Å². The van der Waals surface area contributed by atoms with E-state index >= 15 is 0 Å². The fraction of sp³-hybridized carbons (Fsp3) is 0.292. The van der Waals surface area contributed by atoms with Gasteiger partial charge in [0.05, 0.1) is 5.52 Å².